The Morgan fingerprint density at radius 2 is 2.04 bits per heavy atom. The van der Waals surface area contributed by atoms with Crippen molar-refractivity contribution in [3.8, 4) is 0 Å². The molecule has 0 spiro atoms. The molecule has 23 heavy (non-hydrogen) atoms. The summed E-state index contributed by atoms with van der Waals surface area (Å²) in [6, 6.07) is 6.95. The average Bonchev–Trinajstić information content (AvgIpc) is 2.59. The second-order valence-electron chi connectivity index (χ2n) is 6.23. The highest BCUT2D eigenvalue weighted by molar-refractivity contribution is 6.04. The molecule has 2 aliphatic rings. The highest BCUT2D eigenvalue weighted by Crippen LogP contribution is 2.32. The molecule has 2 N–H and O–H groups in total. The maximum absolute atomic E-state index is 12.7. The van der Waals surface area contributed by atoms with Gasteiger partial charge in [-0.1, -0.05) is 0 Å². The number of pyridine rings is 2. The fourth-order valence-corrected chi connectivity index (χ4v) is 3.58. The average molecular weight is 310 g/mol. The quantitative estimate of drug-likeness (QED) is 0.874. The van der Waals surface area contributed by atoms with Gasteiger partial charge in [-0.25, -0.2) is 0 Å². The maximum Gasteiger partial charge on any atom is 0.274 e. The molecule has 1 saturated heterocycles. The second kappa shape index (κ2) is 5.62. The van der Waals surface area contributed by atoms with Crippen LogP contribution in [0.25, 0.3) is 0 Å². The number of piperidine rings is 1. The van der Waals surface area contributed by atoms with Gasteiger partial charge in [-0.2, -0.15) is 0 Å². The first-order valence-corrected chi connectivity index (χ1v) is 7.88. The Morgan fingerprint density at radius 1 is 1.22 bits per heavy atom. The molecule has 6 nitrogen and oxygen atoms in total. The van der Waals surface area contributed by atoms with Crippen molar-refractivity contribution in [2.45, 2.75) is 18.9 Å². The lowest BCUT2D eigenvalue weighted by molar-refractivity contribution is 0.102. The standard InChI is InChI=1S/C17H18N4O2/c22-16(12-3-5-18-6-4-12)20-14-1-2-15-13-7-11(8-19-9-13)10-21(15)17(14)23/h1-6,11,13,19H,7-10H2,(H,20,22)/t11-,13+/m0/s1. The van der Waals surface area contributed by atoms with Gasteiger partial charge in [0.15, 0.2) is 0 Å². The van der Waals surface area contributed by atoms with E-state index in [1.165, 1.54) is 0 Å². The Morgan fingerprint density at radius 3 is 2.87 bits per heavy atom. The van der Waals surface area contributed by atoms with Crippen LogP contribution in [0.3, 0.4) is 0 Å². The molecule has 4 heterocycles. The van der Waals surface area contributed by atoms with E-state index in [0.29, 0.717) is 23.1 Å². The predicted octanol–water partition coefficient (Wildman–Crippen LogP) is 1.20. The van der Waals surface area contributed by atoms with E-state index in [1.807, 2.05) is 10.6 Å². The van der Waals surface area contributed by atoms with E-state index in [1.54, 1.807) is 30.6 Å². The molecule has 0 radical (unpaired) electrons. The van der Waals surface area contributed by atoms with Crippen molar-refractivity contribution in [3.63, 3.8) is 0 Å². The van der Waals surface area contributed by atoms with Crippen LogP contribution in [0.1, 0.15) is 28.4 Å². The first kappa shape index (κ1) is 14.1. The third kappa shape index (κ3) is 2.55. The lowest BCUT2D eigenvalue weighted by Crippen LogP contribution is -2.45. The predicted molar refractivity (Wildman–Crippen MR) is 86.6 cm³/mol. The van der Waals surface area contributed by atoms with Gasteiger partial charge in [0.25, 0.3) is 11.5 Å². The lowest BCUT2D eigenvalue weighted by Gasteiger charge is -2.37. The van der Waals surface area contributed by atoms with E-state index in [0.717, 1.165) is 31.7 Å². The van der Waals surface area contributed by atoms with Crippen LogP contribution in [0.5, 0.6) is 0 Å². The van der Waals surface area contributed by atoms with Crippen molar-refractivity contribution in [1.82, 2.24) is 14.9 Å². The van der Waals surface area contributed by atoms with Gasteiger partial charge in [-0.15, -0.1) is 0 Å². The van der Waals surface area contributed by atoms with Crippen LogP contribution in [0, 0.1) is 5.92 Å². The number of amides is 1. The zero-order valence-corrected chi connectivity index (χ0v) is 12.7. The van der Waals surface area contributed by atoms with Crippen LogP contribution < -0.4 is 16.2 Å². The van der Waals surface area contributed by atoms with E-state index < -0.39 is 0 Å². The molecule has 1 fully saturated rings. The SMILES string of the molecule is O=C(Nc1ccc2n(c1=O)C[C@@H]1CNC[C@H]2C1)c1ccncc1. The Kier molecular flexibility index (Phi) is 3.46. The van der Waals surface area contributed by atoms with Gasteiger partial charge in [0.05, 0.1) is 0 Å². The van der Waals surface area contributed by atoms with Crippen LogP contribution in [-0.4, -0.2) is 28.5 Å². The molecule has 2 aromatic rings. The van der Waals surface area contributed by atoms with Gasteiger partial charge >= 0.3 is 0 Å². The zero-order chi connectivity index (χ0) is 15.8. The number of hydrogen-bond acceptors (Lipinski definition) is 4. The van der Waals surface area contributed by atoms with Gasteiger partial charge in [-0.3, -0.25) is 14.6 Å². The summed E-state index contributed by atoms with van der Waals surface area (Å²) in [6.07, 6.45) is 4.25. The van der Waals surface area contributed by atoms with E-state index >= 15 is 0 Å². The molecule has 2 aliphatic heterocycles. The Balaban J connectivity index is 1.65. The molecule has 4 rings (SSSR count). The molecule has 118 valence electrons. The summed E-state index contributed by atoms with van der Waals surface area (Å²) in [5.41, 5.74) is 1.79. The minimum atomic E-state index is -0.289. The summed E-state index contributed by atoms with van der Waals surface area (Å²) in [5.74, 6) is 0.591. The summed E-state index contributed by atoms with van der Waals surface area (Å²) >= 11 is 0. The number of nitrogens with zero attached hydrogens (tertiary/aromatic N) is 2. The Labute approximate surface area is 133 Å². The van der Waals surface area contributed by atoms with E-state index in [4.69, 9.17) is 0 Å². The smallest absolute Gasteiger partial charge is 0.274 e. The van der Waals surface area contributed by atoms with Gasteiger partial charge in [0.2, 0.25) is 0 Å². The molecular weight excluding hydrogens is 292 g/mol. The monoisotopic (exact) mass is 310 g/mol. The number of carbonyl (C=O) groups excluding carboxylic acids is 1. The van der Waals surface area contributed by atoms with E-state index in [9.17, 15) is 9.59 Å². The van der Waals surface area contributed by atoms with Crippen LogP contribution >= 0.6 is 0 Å². The van der Waals surface area contributed by atoms with E-state index in [2.05, 4.69) is 15.6 Å². The van der Waals surface area contributed by atoms with Crippen molar-refractivity contribution in [2.75, 3.05) is 18.4 Å². The third-order valence-corrected chi connectivity index (χ3v) is 4.70. The minimum absolute atomic E-state index is 0.110. The number of aromatic nitrogens is 2. The summed E-state index contributed by atoms with van der Waals surface area (Å²) < 4.78 is 1.84. The summed E-state index contributed by atoms with van der Waals surface area (Å²) in [5, 5.41) is 6.15. The minimum Gasteiger partial charge on any atom is -0.317 e. The normalized spacial score (nSPS) is 22.3. The van der Waals surface area contributed by atoms with Crippen LogP contribution in [0.15, 0.2) is 41.5 Å². The molecule has 0 aliphatic carbocycles. The van der Waals surface area contributed by atoms with Gasteiger partial charge in [0.1, 0.15) is 5.69 Å². The number of hydrogen-bond donors (Lipinski definition) is 2. The van der Waals surface area contributed by atoms with Crippen molar-refractivity contribution in [1.29, 1.82) is 0 Å². The molecule has 6 heteroatoms. The topological polar surface area (TPSA) is 76.0 Å². The molecule has 0 unspecified atom stereocenters. The van der Waals surface area contributed by atoms with Gasteiger partial charge in [0, 0.05) is 42.7 Å². The summed E-state index contributed by atoms with van der Waals surface area (Å²) in [7, 11) is 0. The molecule has 0 aromatic carbocycles. The zero-order valence-electron chi connectivity index (χ0n) is 12.7. The molecular formula is C17H18N4O2. The van der Waals surface area contributed by atoms with Crippen LogP contribution in [0.2, 0.25) is 0 Å². The number of nitrogens with one attached hydrogen (secondary N) is 2. The number of rotatable bonds is 2. The first-order chi connectivity index (χ1) is 11.2. The van der Waals surface area contributed by atoms with Gasteiger partial charge in [-0.05, 0) is 43.1 Å². The van der Waals surface area contributed by atoms with Crippen molar-refractivity contribution >= 4 is 11.6 Å². The van der Waals surface area contributed by atoms with Gasteiger partial charge < -0.3 is 15.2 Å². The Hall–Kier alpha value is -2.47. The molecule has 1 amide bonds. The fourth-order valence-electron chi connectivity index (χ4n) is 3.58. The lowest BCUT2D eigenvalue weighted by atomic mass is 9.84. The fraction of sp³-hybridized carbons (Fsp3) is 0.353. The molecule has 2 aromatic heterocycles. The van der Waals surface area contributed by atoms with Crippen molar-refractivity contribution < 1.29 is 4.79 Å². The second-order valence-corrected chi connectivity index (χ2v) is 6.23. The highest BCUT2D eigenvalue weighted by Gasteiger charge is 2.31. The van der Waals surface area contributed by atoms with Crippen molar-refractivity contribution in [2.24, 2.45) is 5.92 Å². The van der Waals surface area contributed by atoms with Crippen LogP contribution in [0.4, 0.5) is 5.69 Å². The largest absolute Gasteiger partial charge is 0.317 e. The Bertz CT molecular complexity index is 800. The molecule has 0 saturated carbocycles. The maximum atomic E-state index is 12.7. The third-order valence-electron chi connectivity index (χ3n) is 4.70. The molecule has 2 bridgehead atoms. The van der Waals surface area contributed by atoms with Crippen LogP contribution in [-0.2, 0) is 6.54 Å². The number of carbonyl (C=O) groups is 1. The molecule has 2 atom stereocenters. The highest BCUT2D eigenvalue weighted by atomic mass is 16.2. The van der Waals surface area contributed by atoms with E-state index in [-0.39, 0.29) is 11.5 Å². The summed E-state index contributed by atoms with van der Waals surface area (Å²) in [4.78, 5) is 28.9. The first-order valence-electron chi connectivity index (χ1n) is 7.88. The number of anilines is 1. The summed E-state index contributed by atoms with van der Waals surface area (Å²) in [6.45, 7) is 2.59. The number of fused-ring (bicyclic) bond motifs is 4. The van der Waals surface area contributed by atoms with Crippen molar-refractivity contribution in [3.05, 3.63) is 58.3 Å².